The molecule has 1 saturated heterocycles. The lowest BCUT2D eigenvalue weighted by Gasteiger charge is -2.18. The topological polar surface area (TPSA) is 91.6 Å². The van der Waals surface area contributed by atoms with Gasteiger partial charge in [-0.05, 0) is 6.42 Å². The zero-order chi connectivity index (χ0) is 14.0. The fourth-order valence-electron chi connectivity index (χ4n) is 1.90. The van der Waals surface area contributed by atoms with Crippen molar-refractivity contribution >= 4 is 34.1 Å². The number of nitrogens with zero attached hydrogens (tertiary/aromatic N) is 3. The van der Waals surface area contributed by atoms with Crippen molar-refractivity contribution in [3.63, 3.8) is 0 Å². The van der Waals surface area contributed by atoms with E-state index in [0.29, 0.717) is 23.1 Å². The van der Waals surface area contributed by atoms with Crippen molar-refractivity contribution in [3.8, 4) is 0 Å². The average molecular weight is 283 g/mol. The van der Waals surface area contributed by atoms with Crippen LogP contribution in [0.5, 0.6) is 0 Å². The van der Waals surface area contributed by atoms with Crippen molar-refractivity contribution in [2.75, 3.05) is 44.8 Å². The van der Waals surface area contributed by atoms with Crippen molar-refractivity contribution in [2.24, 2.45) is 0 Å². The van der Waals surface area contributed by atoms with Crippen LogP contribution in [0.25, 0.3) is 0 Å². The third-order valence-corrected chi connectivity index (χ3v) is 4.10. The number of anilines is 2. The largest absolute Gasteiger partial charge is 0.382 e. The maximum atomic E-state index is 12.4. The highest BCUT2D eigenvalue weighted by Gasteiger charge is 2.26. The third kappa shape index (κ3) is 2.78. The molecule has 0 radical (unpaired) electrons. The SMILES string of the molecule is CNc1nc(N)c(C(=O)N2CCCN(C)C(=O)C2)s1. The monoisotopic (exact) mass is 283 g/mol. The molecule has 2 amide bonds. The second kappa shape index (κ2) is 5.43. The van der Waals surface area contributed by atoms with Crippen molar-refractivity contribution in [2.45, 2.75) is 6.42 Å². The van der Waals surface area contributed by atoms with Gasteiger partial charge in [0.2, 0.25) is 5.91 Å². The molecule has 1 aliphatic heterocycles. The molecule has 0 unspecified atom stereocenters. The van der Waals surface area contributed by atoms with Crippen LogP contribution >= 0.6 is 11.3 Å². The van der Waals surface area contributed by atoms with Crippen LogP contribution in [-0.4, -0.2) is 60.3 Å². The minimum Gasteiger partial charge on any atom is -0.382 e. The van der Waals surface area contributed by atoms with E-state index >= 15 is 0 Å². The summed E-state index contributed by atoms with van der Waals surface area (Å²) >= 11 is 1.21. The molecule has 0 bridgehead atoms. The minimum atomic E-state index is -0.222. The Balaban J connectivity index is 2.18. The number of nitrogens with two attached hydrogens (primary N) is 1. The van der Waals surface area contributed by atoms with Gasteiger partial charge in [-0.1, -0.05) is 11.3 Å². The van der Waals surface area contributed by atoms with Crippen LogP contribution in [0.2, 0.25) is 0 Å². The standard InChI is InChI=1S/C11H17N5O2S/c1-13-11-14-9(12)8(19-11)10(18)16-5-3-4-15(2)7(17)6-16/h3-6,12H2,1-2H3,(H,13,14). The van der Waals surface area contributed by atoms with Gasteiger partial charge in [0, 0.05) is 27.2 Å². The Labute approximate surface area is 115 Å². The first-order valence-corrected chi connectivity index (χ1v) is 6.82. The summed E-state index contributed by atoms with van der Waals surface area (Å²) in [4.78, 5) is 31.8. The van der Waals surface area contributed by atoms with E-state index in [2.05, 4.69) is 10.3 Å². The Morgan fingerprint density at radius 2 is 2.21 bits per heavy atom. The highest BCUT2D eigenvalue weighted by molar-refractivity contribution is 7.18. The second-order valence-electron chi connectivity index (χ2n) is 4.38. The lowest BCUT2D eigenvalue weighted by Crippen LogP contribution is -2.37. The van der Waals surface area contributed by atoms with Gasteiger partial charge in [-0.15, -0.1) is 0 Å². The van der Waals surface area contributed by atoms with Gasteiger partial charge in [0.1, 0.15) is 17.2 Å². The fraction of sp³-hybridized carbons (Fsp3) is 0.545. The van der Waals surface area contributed by atoms with Gasteiger partial charge < -0.3 is 20.9 Å². The van der Waals surface area contributed by atoms with Crippen molar-refractivity contribution in [1.29, 1.82) is 0 Å². The first kappa shape index (κ1) is 13.6. The maximum Gasteiger partial charge on any atom is 0.268 e. The molecule has 19 heavy (non-hydrogen) atoms. The van der Waals surface area contributed by atoms with Crippen LogP contribution in [0.3, 0.4) is 0 Å². The number of nitrogen functional groups attached to an aromatic ring is 1. The summed E-state index contributed by atoms with van der Waals surface area (Å²) in [5.41, 5.74) is 5.74. The molecule has 1 aliphatic rings. The first-order chi connectivity index (χ1) is 9.02. The smallest absolute Gasteiger partial charge is 0.268 e. The van der Waals surface area contributed by atoms with E-state index in [0.717, 1.165) is 6.42 Å². The highest BCUT2D eigenvalue weighted by atomic mass is 32.1. The molecular weight excluding hydrogens is 266 g/mol. The van der Waals surface area contributed by atoms with E-state index in [-0.39, 0.29) is 24.2 Å². The molecule has 0 aromatic carbocycles. The van der Waals surface area contributed by atoms with Gasteiger partial charge in [-0.3, -0.25) is 9.59 Å². The summed E-state index contributed by atoms with van der Waals surface area (Å²) in [5, 5.41) is 3.45. The van der Waals surface area contributed by atoms with E-state index < -0.39 is 0 Å². The third-order valence-electron chi connectivity index (χ3n) is 3.02. The number of hydrogen-bond acceptors (Lipinski definition) is 6. The number of thiazole rings is 1. The molecule has 0 aliphatic carbocycles. The van der Waals surface area contributed by atoms with Crippen molar-refractivity contribution in [1.82, 2.24) is 14.8 Å². The number of carbonyl (C=O) groups excluding carboxylic acids is 2. The Bertz CT molecular complexity index is 501. The number of nitrogens with one attached hydrogen (secondary N) is 1. The number of likely N-dealkylation sites (N-methyl/N-ethyl adjacent to an activating group) is 1. The van der Waals surface area contributed by atoms with Gasteiger partial charge in [-0.25, -0.2) is 4.98 Å². The summed E-state index contributed by atoms with van der Waals surface area (Å²) in [5.74, 6) is -0.0627. The van der Waals surface area contributed by atoms with Gasteiger partial charge in [0.15, 0.2) is 5.13 Å². The Hall–Kier alpha value is -1.83. The average Bonchev–Trinajstić information content (AvgIpc) is 2.68. The van der Waals surface area contributed by atoms with Crippen LogP contribution in [-0.2, 0) is 4.79 Å². The van der Waals surface area contributed by atoms with Gasteiger partial charge >= 0.3 is 0 Å². The molecule has 1 fully saturated rings. The predicted molar refractivity (Wildman–Crippen MR) is 74.2 cm³/mol. The van der Waals surface area contributed by atoms with E-state index in [1.165, 1.54) is 16.2 Å². The Morgan fingerprint density at radius 1 is 1.47 bits per heavy atom. The molecule has 0 spiro atoms. The molecule has 104 valence electrons. The Kier molecular flexibility index (Phi) is 3.89. The zero-order valence-corrected chi connectivity index (χ0v) is 11.8. The molecule has 2 rings (SSSR count). The molecular formula is C11H17N5O2S. The van der Waals surface area contributed by atoms with Crippen molar-refractivity contribution in [3.05, 3.63) is 4.88 Å². The quantitative estimate of drug-likeness (QED) is 0.801. The summed E-state index contributed by atoms with van der Waals surface area (Å²) in [6.07, 6.45) is 0.769. The lowest BCUT2D eigenvalue weighted by atomic mass is 10.3. The molecule has 7 nitrogen and oxygen atoms in total. The summed E-state index contributed by atoms with van der Waals surface area (Å²) < 4.78 is 0. The second-order valence-corrected chi connectivity index (χ2v) is 5.38. The van der Waals surface area contributed by atoms with Crippen LogP contribution in [0.15, 0.2) is 0 Å². The normalized spacial score (nSPS) is 16.4. The van der Waals surface area contributed by atoms with Crippen LogP contribution in [0.4, 0.5) is 10.9 Å². The molecule has 0 atom stereocenters. The molecule has 3 N–H and O–H groups in total. The van der Waals surface area contributed by atoms with Gasteiger partial charge in [0.05, 0.1) is 0 Å². The van der Waals surface area contributed by atoms with Gasteiger partial charge in [0.25, 0.3) is 5.91 Å². The summed E-state index contributed by atoms with van der Waals surface area (Å²) in [6, 6.07) is 0. The first-order valence-electron chi connectivity index (χ1n) is 6.00. The molecule has 1 aromatic rings. The molecule has 1 aromatic heterocycles. The van der Waals surface area contributed by atoms with E-state index in [9.17, 15) is 9.59 Å². The fourth-order valence-corrected chi connectivity index (χ4v) is 2.70. The number of aromatic nitrogens is 1. The summed E-state index contributed by atoms with van der Waals surface area (Å²) in [6.45, 7) is 1.32. The van der Waals surface area contributed by atoms with E-state index in [4.69, 9.17) is 5.73 Å². The predicted octanol–water partition coefficient (Wildman–Crippen LogP) is 0.0713. The van der Waals surface area contributed by atoms with E-state index in [1.54, 1.807) is 19.0 Å². The zero-order valence-electron chi connectivity index (χ0n) is 11.0. The maximum absolute atomic E-state index is 12.4. The van der Waals surface area contributed by atoms with Crippen LogP contribution < -0.4 is 11.1 Å². The van der Waals surface area contributed by atoms with Crippen molar-refractivity contribution < 1.29 is 9.59 Å². The van der Waals surface area contributed by atoms with E-state index in [1.807, 2.05) is 0 Å². The molecule has 2 heterocycles. The molecule has 0 saturated carbocycles. The number of hydrogen-bond donors (Lipinski definition) is 2. The highest BCUT2D eigenvalue weighted by Crippen LogP contribution is 2.26. The number of amides is 2. The summed E-state index contributed by atoms with van der Waals surface area (Å²) in [7, 11) is 3.47. The lowest BCUT2D eigenvalue weighted by molar-refractivity contribution is -0.129. The number of rotatable bonds is 2. The Morgan fingerprint density at radius 3 is 2.84 bits per heavy atom. The van der Waals surface area contributed by atoms with Crippen LogP contribution in [0.1, 0.15) is 16.1 Å². The van der Waals surface area contributed by atoms with Crippen LogP contribution in [0, 0.1) is 0 Å². The molecule has 8 heteroatoms. The van der Waals surface area contributed by atoms with Gasteiger partial charge in [-0.2, -0.15) is 0 Å². The number of carbonyl (C=O) groups is 2. The minimum absolute atomic E-state index is 0.0530.